The Kier molecular flexibility index (Phi) is 44.8. The number of carbonyl (C=O) groups is 1. The number of hydrogen-bond donors (Lipinski definition) is 4. The number of hydrogen-bond acceptors (Lipinski definition) is 9. The Morgan fingerprint density at radius 3 is 1.27 bits per heavy atom. The summed E-state index contributed by atoms with van der Waals surface area (Å²) in [7, 11) is 0. The average Bonchev–Trinajstić information content (AvgIpc) is 3.30. The lowest BCUT2D eigenvalue weighted by Gasteiger charge is -2.39. The summed E-state index contributed by atoms with van der Waals surface area (Å²) < 4.78 is 22.9. The van der Waals surface area contributed by atoms with Gasteiger partial charge >= 0.3 is 5.97 Å². The van der Waals surface area contributed by atoms with Crippen LogP contribution in [0.2, 0.25) is 0 Å². The summed E-state index contributed by atoms with van der Waals surface area (Å²) in [6.45, 7) is 4.60. The third-order valence-corrected chi connectivity index (χ3v) is 13.2. The van der Waals surface area contributed by atoms with Gasteiger partial charge in [-0.15, -0.1) is 0 Å². The van der Waals surface area contributed by atoms with E-state index in [4.69, 9.17) is 18.9 Å². The van der Waals surface area contributed by atoms with Crippen LogP contribution in [0.1, 0.15) is 271 Å². The van der Waals surface area contributed by atoms with E-state index in [1.165, 1.54) is 218 Å². The number of esters is 1. The maximum Gasteiger partial charge on any atom is 0.306 e. The molecule has 6 atom stereocenters. The predicted octanol–water partition coefficient (Wildman–Crippen LogP) is 13.9. The zero-order valence-corrected chi connectivity index (χ0v) is 42.1. The molecular formula is C55H106O9. The highest BCUT2D eigenvalue weighted by atomic mass is 16.7. The van der Waals surface area contributed by atoms with Crippen LogP contribution < -0.4 is 0 Å². The second-order valence-corrected chi connectivity index (χ2v) is 19.4. The first-order valence-corrected chi connectivity index (χ1v) is 27.8. The summed E-state index contributed by atoms with van der Waals surface area (Å²) >= 11 is 0. The fourth-order valence-electron chi connectivity index (χ4n) is 8.84. The summed E-state index contributed by atoms with van der Waals surface area (Å²) in [4.78, 5) is 12.9. The van der Waals surface area contributed by atoms with Gasteiger partial charge in [-0.05, 0) is 38.5 Å². The van der Waals surface area contributed by atoms with Crippen LogP contribution in [0, 0.1) is 0 Å². The molecule has 9 heteroatoms. The maximum absolute atomic E-state index is 12.9. The standard InChI is InChI=1S/C55H106O9/c1-3-5-7-9-11-13-15-17-19-21-22-23-24-25-26-27-28-30-32-34-36-38-40-42-44-51(57)63-49(48-62-55-54(60)53(59)52(58)50(46-56)64-55)47-61-45-43-41-39-37-35-33-31-29-20-18-16-14-12-10-8-6-4-2/h20,29,49-50,52-56,58-60H,3-19,21-28,30-48H2,1-2H3/b29-20-. The quantitative estimate of drug-likeness (QED) is 0.0267. The zero-order chi connectivity index (χ0) is 46.4. The molecule has 1 rings (SSSR count). The monoisotopic (exact) mass is 911 g/mol. The molecule has 0 aromatic heterocycles. The van der Waals surface area contributed by atoms with Gasteiger partial charge in [0.25, 0.3) is 0 Å². The van der Waals surface area contributed by atoms with Crippen LogP contribution in [0.25, 0.3) is 0 Å². The third-order valence-electron chi connectivity index (χ3n) is 13.2. The van der Waals surface area contributed by atoms with Gasteiger partial charge in [-0.1, -0.05) is 238 Å². The van der Waals surface area contributed by atoms with Crippen LogP contribution in [0.3, 0.4) is 0 Å². The first-order valence-electron chi connectivity index (χ1n) is 27.8. The largest absolute Gasteiger partial charge is 0.457 e. The number of allylic oxidation sites excluding steroid dienone is 2. The predicted molar refractivity (Wildman–Crippen MR) is 266 cm³/mol. The van der Waals surface area contributed by atoms with Gasteiger partial charge in [0.2, 0.25) is 0 Å². The van der Waals surface area contributed by atoms with Crippen LogP contribution in [-0.4, -0.2) is 89.6 Å². The van der Waals surface area contributed by atoms with Gasteiger partial charge in [0.1, 0.15) is 30.5 Å². The lowest BCUT2D eigenvalue weighted by Crippen LogP contribution is -2.59. The molecule has 0 saturated carbocycles. The number of aliphatic hydroxyl groups excluding tert-OH is 4. The van der Waals surface area contributed by atoms with E-state index in [1.54, 1.807) is 0 Å². The molecule has 1 heterocycles. The van der Waals surface area contributed by atoms with Crippen LogP contribution in [0.4, 0.5) is 0 Å². The Bertz CT molecular complexity index is 993. The average molecular weight is 911 g/mol. The summed E-state index contributed by atoms with van der Waals surface area (Å²) in [5.74, 6) is -0.308. The highest BCUT2D eigenvalue weighted by Gasteiger charge is 2.44. The third kappa shape index (κ3) is 37.0. The Labute approximate surface area is 395 Å². The summed E-state index contributed by atoms with van der Waals surface area (Å²) in [6.07, 6.45) is 48.3. The molecule has 0 aromatic rings. The number of unbranched alkanes of at least 4 members (excludes halogenated alkanes) is 36. The van der Waals surface area contributed by atoms with E-state index >= 15 is 0 Å². The maximum atomic E-state index is 12.9. The normalized spacial score (nSPS) is 19.5. The van der Waals surface area contributed by atoms with Crippen molar-refractivity contribution >= 4 is 5.97 Å². The molecule has 0 radical (unpaired) electrons. The second-order valence-electron chi connectivity index (χ2n) is 19.4. The van der Waals surface area contributed by atoms with Gasteiger partial charge < -0.3 is 39.4 Å². The number of ether oxygens (including phenoxy) is 4. The van der Waals surface area contributed by atoms with Gasteiger partial charge in [-0.3, -0.25) is 4.79 Å². The molecule has 9 nitrogen and oxygen atoms in total. The molecule has 64 heavy (non-hydrogen) atoms. The molecule has 6 unspecified atom stereocenters. The molecule has 1 fully saturated rings. The smallest absolute Gasteiger partial charge is 0.306 e. The van der Waals surface area contributed by atoms with Crippen molar-refractivity contribution in [2.24, 2.45) is 0 Å². The van der Waals surface area contributed by atoms with E-state index in [-0.39, 0.29) is 19.2 Å². The second kappa shape index (κ2) is 47.0. The number of rotatable bonds is 49. The molecule has 1 saturated heterocycles. The SMILES string of the molecule is CCCCCCCCC/C=C\CCCCCCCCOCC(COC1OC(CO)C(O)C(O)C1O)OC(=O)CCCCCCCCCCCCCCCCCCCCCCCCCC. The minimum Gasteiger partial charge on any atom is -0.457 e. The molecule has 0 spiro atoms. The van der Waals surface area contributed by atoms with E-state index in [0.29, 0.717) is 13.0 Å². The van der Waals surface area contributed by atoms with Crippen molar-refractivity contribution in [1.82, 2.24) is 0 Å². The summed E-state index contributed by atoms with van der Waals surface area (Å²) in [6, 6.07) is 0. The van der Waals surface area contributed by atoms with E-state index in [2.05, 4.69) is 26.0 Å². The molecule has 1 aliphatic heterocycles. The van der Waals surface area contributed by atoms with Crippen molar-refractivity contribution in [1.29, 1.82) is 0 Å². The van der Waals surface area contributed by atoms with E-state index in [0.717, 1.165) is 32.1 Å². The fraction of sp³-hybridized carbons (Fsp3) is 0.945. The van der Waals surface area contributed by atoms with E-state index in [1.807, 2.05) is 0 Å². The number of carbonyl (C=O) groups excluding carboxylic acids is 1. The first kappa shape index (κ1) is 60.9. The highest BCUT2D eigenvalue weighted by molar-refractivity contribution is 5.69. The minimum atomic E-state index is -1.53. The van der Waals surface area contributed by atoms with Gasteiger partial charge in [-0.2, -0.15) is 0 Å². The van der Waals surface area contributed by atoms with Gasteiger partial charge in [-0.25, -0.2) is 0 Å². The first-order chi connectivity index (χ1) is 31.4. The molecule has 0 aliphatic carbocycles. The van der Waals surface area contributed by atoms with Crippen LogP contribution in [0.5, 0.6) is 0 Å². The van der Waals surface area contributed by atoms with Crippen LogP contribution in [-0.2, 0) is 23.7 Å². The molecule has 0 bridgehead atoms. The van der Waals surface area contributed by atoms with Crippen molar-refractivity contribution in [2.75, 3.05) is 26.4 Å². The van der Waals surface area contributed by atoms with Crippen molar-refractivity contribution in [3.8, 4) is 0 Å². The van der Waals surface area contributed by atoms with Crippen molar-refractivity contribution in [2.45, 2.75) is 307 Å². The Morgan fingerprint density at radius 2 is 0.859 bits per heavy atom. The highest BCUT2D eigenvalue weighted by Crippen LogP contribution is 2.23. The Morgan fingerprint density at radius 1 is 0.484 bits per heavy atom. The molecular weight excluding hydrogens is 805 g/mol. The number of aliphatic hydroxyl groups is 4. The fourth-order valence-corrected chi connectivity index (χ4v) is 8.84. The van der Waals surface area contributed by atoms with E-state index in [9.17, 15) is 25.2 Å². The van der Waals surface area contributed by atoms with Gasteiger partial charge in [0.15, 0.2) is 6.29 Å². The lowest BCUT2D eigenvalue weighted by molar-refractivity contribution is -0.305. The summed E-state index contributed by atoms with van der Waals surface area (Å²) in [5.41, 5.74) is 0. The molecule has 380 valence electrons. The summed E-state index contributed by atoms with van der Waals surface area (Å²) in [5, 5.41) is 40.3. The Balaban J connectivity index is 2.14. The topological polar surface area (TPSA) is 135 Å². The van der Waals surface area contributed by atoms with Crippen molar-refractivity contribution in [3.05, 3.63) is 12.2 Å². The van der Waals surface area contributed by atoms with Gasteiger partial charge in [0, 0.05) is 13.0 Å². The molecule has 1 aliphatic rings. The van der Waals surface area contributed by atoms with Crippen LogP contribution in [0.15, 0.2) is 12.2 Å². The van der Waals surface area contributed by atoms with Gasteiger partial charge in [0.05, 0.1) is 19.8 Å². The molecule has 0 aromatic carbocycles. The van der Waals surface area contributed by atoms with Crippen LogP contribution >= 0.6 is 0 Å². The molecule has 0 amide bonds. The Hall–Kier alpha value is -1.07. The van der Waals surface area contributed by atoms with Crippen molar-refractivity contribution in [3.63, 3.8) is 0 Å². The minimum absolute atomic E-state index is 0.110. The lowest BCUT2D eigenvalue weighted by atomic mass is 9.99. The van der Waals surface area contributed by atoms with E-state index < -0.39 is 43.4 Å². The van der Waals surface area contributed by atoms with Crippen molar-refractivity contribution < 1.29 is 44.2 Å². The molecule has 4 N–H and O–H groups in total. The zero-order valence-electron chi connectivity index (χ0n) is 42.1.